The number of ether oxygens (including phenoxy) is 1. The van der Waals surface area contributed by atoms with Crippen molar-refractivity contribution in [3.8, 4) is 0 Å². The third kappa shape index (κ3) is 6.46. The molecule has 0 atom stereocenters. The summed E-state index contributed by atoms with van der Waals surface area (Å²) in [5.41, 5.74) is 5.64. The molecule has 0 aliphatic carbocycles. The topological polar surface area (TPSA) is 89.8 Å². The molecule has 1 aromatic rings. The summed E-state index contributed by atoms with van der Waals surface area (Å²) in [6.07, 6.45) is 0. The van der Waals surface area contributed by atoms with Crippen molar-refractivity contribution in [2.45, 2.75) is 33.4 Å². The molecule has 6 nitrogen and oxygen atoms in total. The molecule has 0 spiro atoms. The highest BCUT2D eigenvalue weighted by Crippen LogP contribution is 2.10. The first kappa shape index (κ1) is 17.8. The average molecular weight is 381 g/mol. The van der Waals surface area contributed by atoms with Gasteiger partial charge in [-0.25, -0.2) is 9.79 Å². The van der Waals surface area contributed by atoms with Crippen LogP contribution in [0.3, 0.4) is 0 Å². The van der Waals surface area contributed by atoms with Crippen molar-refractivity contribution in [2.24, 2.45) is 10.7 Å². The molecular weight excluding hydrogens is 361 g/mol. The van der Waals surface area contributed by atoms with E-state index >= 15 is 0 Å². The van der Waals surface area contributed by atoms with Gasteiger partial charge in [-0.05, 0) is 32.9 Å². The van der Waals surface area contributed by atoms with Gasteiger partial charge in [0.15, 0.2) is 5.96 Å². The lowest BCUT2D eigenvalue weighted by atomic mass is 10.4. The summed E-state index contributed by atoms with van der Waals surface area (Å²) >= 11 is 0. The van der Waals surface area contributed by atoms with Gasteiger partial charge in [0.05, 0.1) is 6.61 Å². The van der Waals surface area contributed by atoms with Crippen molar-refractivity contribution in [1.82, 2.24) is 5.32 Å². The number of carbonyl (C=O) groups is 1. The summed E-state index contributed by atoms with van der Waals surface area (Å²) in [5.74, 6) is 0.615. The van der Waals surface area contributed by atoms with Crippen LogP contribution in [0.1, 0.15) is 37.1 Å². The monoisotopic (exact) mass is 381 g/mol. The number of halogens is 1. The van der Waals surface area contributed by atoms with Crippen LogP contribution < -0.4 is 11.1 Å². The lowest BCUT2D eigenvalue weighted by Crippen LogP contribution is -2.36. The molecule has 0 aliphatic rings. The van der Waals surface area contributed by atoms with E-state index in [0.717, 1.165) is 0 Å². The number of carbonyl (C=O) groups excluding carboxylic acids is 1. The second kappa shape index (κ2) is 8.78. The van der Waals surface area contributed by atoms with Gasteiger partial charge in [0.25, 0.3) is 0 Å². The number of guanidine groups is 1. The maximum Gasteiger partial charge on any atom is 0.374 e. The van der Waals surface area contributed by atoms with Crippen molar-refractivity contribution in [1.29, 1.82) is 0 Å². The van der Waals surface area contributed by atoms with Crippen LogP contribution in [-0.2, 0) is 11.3 Å². The zero-order chi connectivity index (χ0) is 13.5. The molecule has 1 rings (SSSR count). The number of nitrogens with two attached hydrogens (primary N) is 1. The van der Waals surface area contributed by atoms with Gasteiger partial charge in [0.2, 0.25) is 5.76 Å². The Morgan fingerprint density at radius 2 is 2.21 bits per heavy atom. The summed E-state index contributed by atoms with van der Waals surface area (Å²) in [6.45, 7) is 6.27. The summed E-state index contributed by atoms with van der Waals surface area (Å²) < 4.78 is 10.1. The Balaban J connectivity index is 0.00000324. The highest BCUT2D eigenvalue weighted by Gasteiger charge is 2.11. The van der Waals surface area contributed by atoms with Crippen molar-refractivity contribution in [2.75, 3.05) is 6.61 Å². The van der Waals surface area contributed by atoms with Gasteiger partial charge in [-0.3, -0.25) is 0 Å². The Bertz CT molecular complexity index is 430. The molecule has 0 aliphatic heterocycles. The van der Waals surface area contributed by atoms with Crippen molar-refractivity contribution in [3.05, 3.63) is 23.7 Å². The van der Waals surface area contributed by atoms with E-state index < -0.39 is 5.97 Å². The smallest absolute Gasteiger partial charge is 0.374 e. The largest absolute Gasteiger partial charge is 0.460 e. The van der Waals surface area contributed by atoms with Gasteiger partial charge in [0.1, 0.15) is 12.3 Å². The molecule has 108 valence electrons. The number of rotatable bonds is 5. The number of nitrogens with one attached hydrogen (secondary N) is 1. The van der Waals surface area contributed by atoms with Crippen LogP contribution in [0.15, 0.2) is 21.5 Å². The summed E-state index contributed by atoms with van der Waals surface area (Å²) in [4.78, 5) is 15.4. The molecule has 0 unspecified atom stereocenters. The van der Waals surface area contributed by atoms with Crippen LogP contribution in [0.25, 0.3) is 0 Å². The molecule has 0 amide bonds. The van der Waals surface area contributed by atoms with E-state index in [9.17, 15) is 4.79 Å². The zero-order valence-electron chi connectivity index (χ0n) is 11.3. The van der Waals surface area contributed by atoms with Gasteiger partial charge in [-0.15, -0.1) is 24.0 Å². The number of esters is 1. The third-order valence-corrected chi connectivity index (χ3v) is 1.98. The van der Waals surface area contributed by atoms with Gasteiger partial charge >= 0.3 is 5.97 Å². The van der Waals surface area contributed by atoms with E-state index in [4.69, 9.17) is 14.9 Å². The fourth-order valence-electron chi connectivity index (χ4n) is 1.28. The maximum absolute atomic E-state index is 11.4. The fraction of sp³-hybridized carbons (Fsp3) is 0.500. The molecule has 0 radical (unpaired) electrons. The Hall–Kier alpha value is -1.25. The van der Waals surface area contributed by atoms with Crippen LogP contribution in [-0.4, -0.2) is 24.6 Å². The predicted molar refractivity (Wildman–Crippen MR) is 83.7 cm³/mol. The van der Waals surface area contributed by atoms with E-state index in [1.807, 2.05) is 13.8 Å². The number of furan rings is 1. The molecule has 0 saturated carbocycles. The highest BCUT2D eigenvalue weighted by atomic mass is 127. The number of hydrogen-bond donors (Lipinski definition) is 2. The molecule has 1 aromatic heterocycles. The van der Waals surface area contributed by atoms with Crippen LogP contribution in [0.5, 0.6) is 0 Å². The Kier molecular flexibility index (Phi) is 8.21. The minimum Gasteiger partial charge on any atom is -0.460 e. The first-order valence-corrected chi connectivity index (χ1v) is 5.85. The van der Waals surface area contributed by atoms with Crippen molar-refractivity contribution < 1.29 is 13.9 Å². The molecule has 7 heteroatoms. The highest BCUT2D eigenvalue weighted by molar-refractivity contribution is 14.0. The minimum absolute atomic E-state index is 0. The fourth-order valence-corrected chi connectivity index (χ4v) is 1.28. The van der Waals surface area contributed by atoms with Crippen LogP contribution in [0, 0.1) is 0 Å². The van der Waals surface area contributed by atoms with E-state index in [-0.39, 0.29) is 42.3 Å². The minimum atomic E-state index is -0.471. The Morgan fingerprint density at radius 1 is 1.53 bits per heavy atom. The Morgan fingerprint density at radius 3 is 2.79 bits per heavy atom. The summed E-state index contributed by atoms with van der Waals surface area (Å²) in [7, 11) is 0. The van der Waals surface area contributed by atoms with Gasteiger partial charge < -0.3 is 20.2 Å². The van der Waals surface area contributed by atoms with Crippen LogP contribution in [0.2, 0.25) is 0 Å². The average Bonchev–Trinajstić information content (AvgIpc) is 2.74. The van der Waals surface area contributed by atoms with Crippen LogP contribution >= 0.6 is 24.0 Å². The van der Waals surface area contributed by atoms with Crippen molar-refractivity contribution in [3.63, 3.8) is 0 Å². The second-order valence-corrected chi connectivity index (χ2v) is 3.99. The van der Waals surface area contributed by atoms with E-state index in [1.165, 1.54) is 0 Å². The molecule has 0 aromatic carbocycles. The molecule has 0 bridgehead atoms. The first-order valence-electron chi connectivity index (χ1n) is 5.85. The Labute approximate surface area is 129 Å². The van der Waals surface area contributed by atoms with Gasteiger partial charge in [-0.2, -0.15) is 0 Å². The number of aliphatic imine (C=N–C) groups is 1. The van der Waals surface area contributed by atoms with Crippen molar-refractivity contribution >= 4 is 35.9 Å². The molecule has 0 fully saturated rings. The molecule has 0 saturated heterocycles. The molecule has 3 N–H and O–H groups in total. The number of nitrogens with zero attached hydrogens (tertiary/aromatic N) is 1. The lowest BCUT2D eigenvalue weighted by Gasteiger charge is -2.07. The molecular formula is C12H20IN3O3. The zero-order valence-corrected chi connectivity index (χ0v) is 13.6. The third-order valence-electron chi connectivity index (χ3n) is 1.98. The second-order valence-electron chi connectivity index (χ2n) is 3.99. The maximum atomic E-state index is 11.4. The lowest BCUT2D eigenvalue weighted by molar-refractivity contribution is 0.0488. The van der Waals surface area contributed by atoms with E-state index in [0.29, 0.717) is 18.3 Å². The molecule has 19 heavy (non-hydrogen) atoms. The first-order chi connectivity index (χ1) is 8.52. The predicted octanol–water partition coefficient (Wildman–Crippen LogP) is 1.89. The summed E-state index contributed by atoms with van der Waals surface area (Å²) in [5, 5.41) is 2.96. The normalized spacial score (nSPS) is 11.1. The van der Waals surface area contributed by atoms with E-state index in [1.54, 1.807) is 19.1 Å². The quantitative estimate of drug-likeness (QED) is 0.352. The number of hydrogen-bond acceptors (Lipinski definition) is 4. The standard InChI is InChI=1S/C12H19N3O3.HI/c1-4-17-11(16)10-6-5-9(18-10)7-14-12(13)15-8(2)3;/h5-6,8H,4,7H2,1-3H3,(H3,13,14,15);1H. The van der Waals surface area contributed by atoms with E-state index in [2.05, 4.69) is 10.3 Å². The SMILES string of the molecule is CCOC(=O)c1ccc(CN=C(N)NC(C)C)o1.I. The van der Waals surface area contributed by atoms with Gasteiger partial charge in [0, 0.05) is 6.04 Å². The molecule has 1 heterocycles. The van der Waals surface area contributed by atoms with Crippen LogP contribution in [0.4, 0.5) is 0 Å². The summed E-state index contributed by atoms with van der Waals surface area (Å²) in [6, 6.07) is 3.47. The van der Waals surface area contributed by atoms with Gasteiger partial charge in [-0.1, -0.05) is 0 Å².